The van der Waals surface area contributed by atoms with Crippen molar-refractivity contribution in [3.05, 3.63) is 40.9 Å². The number of nitrogens with zero attached hydrogens (tertiary/aromatic N) is 4. The molecule has 0 fully saturated rings. The summed E-state index contributed by atoms with van der Waals surface area (Å²) in [5, 5.41) is 8.32. The molecule has 3 aromatic rings. The van der Waals surface area contributed by atoms with E-state index in [1.165, 1.54) is 10.7 Å². The molecule has 0 bridgehead atoms. The fourth-order valence-electron chi connectivity index (χ4n) is 1.79. The third-order valence-electron chi connectivity index (χ3n) is 2.54. The van der Waals surface area contributed by atoms with Crippen LogP contribution in [0, 0.1) is 0 Å². The standard InChI is InChI=1S/C10H8N4O/c1-13-8-5-3-2-4-7(8)9(15)14-6-11-12-10(13)14/h2-6H,1H3. The fourth-order valence-corrected chi connectivity index (χ4v) is 1.79. The van der Waals surface area contributed by atoms with Crippen LogP contribution in [-0.2, 0) is 7.05 Å². The predicted octanol–water partition coefficient (Wildman–Crippen LogP) is 0.581. The van der Waals surface area contributed by atoms with Crippen molar-refractivity contribution in [2.24, 2.45) is 7.05 Å². The monoisotopic (exact) mass is 200 g/mol. The van der Waals surface area contributed by atoms with Crippen molar-refractivity contribution in [1.29, 1.82) is 0 Å². The van der Waals surface area contributed by atoms with Crippen molar-refractivity contribution in [2.45, 2.75) is 0 Å². The first kappa shape index (κ1) is 8.16. The van der Waals surface area contributed by atoms with Gasteiger partial charge in [-0.1, -0.05) is 12.1 Å². The highest BCUT2D eigenvalue weighted by molar-refractivity contribution is 5.79. The number of benzene rings is 1. The Labute approximate surface area is 84.6 Å². The Morgan fingerprint density at radius 3 is 2.93 bits per heavy atom. The second-order valence-corrected chi connectivity index (χ2v) is 3.38. The van der Waals surface area contributed by atoms with Gasteiger partial charge in [0.25, 0.3) is 5.56 Å². The van der Waals surface area contributed by atoms with Crippen LogP contribution in [0.25, 0.3) is 16.7 Å². The number of rotatable bonds is 0. The summed E-state index contributed by atoms with van der Waals surface area (Å²) >= 11 is 0. The first-order valence-corrected chi connectivity index (χ1v) is 4.56. The lowest BCUT2D eigenvalue weighted by Gasteiger charge is -2.05. The molecule has 0 atom stereocenters. The quantitative estimate of drug-likeness (QED) is 0.533. The molecule has 3 rings (SSSR count). The van der Waals surface area contributed by atoms with Gasteiger partial charge in [-0.05, 0) is 12.1 Å². The van der Waals surface area contributed by atoms with Crippen LogP contribution >= 0.6 is 0 Å². The minimum absolute atomic E-state index is 0.0799. The summed E-state index contributed by atoms with van der Waals surface area (Å²) in [6.07, 6.45) is 1.43. The average molecular weight is 200 g/mol. The lowest BCUT2D eigenvalue weighted by Crippen LogP contribution is -2.16. The van der Waals surface area contributed by atoms with Gasteiger partial charge in [0.15, 0.2) is 0 Å². The summed E-state index contributed by atoms with van der Waals surface area (Å²) in [5.74, 6) is 0.554. The molecule has 74 valence electrons. The highest BCUT2D eigenvalue weighted by atomic mass is 16.1. The van der Waals surface area contributed by atoms with E-state index in [4.69, 9.17) is 0 Å². The van der Waals surface area contributed by atoms with E-state index in [1.807, 2.05) is 29.8 Å². The Kier molecular flexibility index (Phi) is 1.45. The van der Waals surface area contributed by atoms with Crippen LogP contribution in [0.2, 0.25) is 0 Å². The van der Waals surface area contributed by atoms with Crippen LogP contribution < -0.4 is 5.56 Å². The number of para-hydroxylation sites is 1. The average Bonchev–Trinajstić information content (AvgIpc) is 2.75. The van der Waals surface area contributed by atoms with Crippen molar-refractivity contribution in [1.82, 2.24) is 19.2 Å². The van der Waals surface area contributed by atoms with Gasteiger partial charge in [-0.3, -0.25) is 4.79 Å². The second kappa shape index (κ2) is 2.66. The molecule has 0 aliphatic carbocycles. The first-order valence-electron chi connectivity index (χ1n) is 4.56. The highest BCUT2D eigenvalue weighted by Gasteiger charge is 2.07. The van der Waals surface area contributed by atoms with Crippen LogP contribution in [0.15, 0.2) is 35.4 Å². The summed E-state index contributed by atoms with van der Waals surface area (Å²) in [4.78, 5) is 12.0. The Morgan fingerprint density at radius 1 is 1.27 bits per heavy atom. The van der Waals surface area contributed by atoms with E-state index in [2.05, 4.69) is 10.2 Å². The zero-order valence-corrected chi connectivity index (χ0v) is 8.08. The molecule has 0 N–H and O–H groups in total. The minimum Gasteiger partial charge on any atom is -0.313 e. The molecule has 0 aliphatic rings. The first-order chi connectivity index (χ1) is 7.29. The Bertz CT molecular complexity index is 710. The maximum Gasteiger partial charge on any atom is 0.268 e. The van der Waals surface area contributed by atoms with E-state index in [-0.39, 0.29) is 5.56 Å². The van der Waals surface area contributed by atoms with Crippen LogP contribution in [0.4, 0.5) is 0 Å². The van der Waals surface area contributed by atoms with Crippen molar-refractivity contribution in [3.8, 4) is 0 Å². The van der Waals surface area contributed by atoms with E-state index in [1.54, 1.807) is 6.07 Å². The predicted molar refractivity (Wildman–Crippen MR) is 55.7 cm³/mol. The molecule has 0 spiro atoms. The number of hydrogen-bond donors (Lipinski definition) is 0. The molecule has 5 heteroatoms. The Morgan fingerprint density at radius 2 is 2.07 bits per heavy atom. The Balaban J connectivity index is 2.76. The van der Waals surface area contributed by atoms with Gasteiger partial charge in [0.1, 0.15) is 6.33 Å². The molecule has 2 heterocycles. The topological polar surface area (TPSA) is 52.2 Å². The summed E-state index contributed by atoms with van der Waals surface area (Å²) in [7, 11) is 1.87. The van der Waals surface area contributed by atoms with E-state index in [0.717, 1.165) is 5.52 Å². The molecule has 0 saturated heterocycles. The number of aromatic nitrogens is 4. The zero-order chi connectivity index (χ0) is 10.4. The van der Waals surface area contributed by atoms with Gasteiger partial charge in [0.2, 0.25) is 5.78 Å². The molecular weight excluding hydrogens is 192 g/mol. The highest BCUT2D eigenvalue weighted by Crippen LogP contribution is 2.10. The largest absolute Gasteiger partial charge is 0.313 e. The van der Waals surface area contributed by atoms with Gasteiger partial charge in [-0.2, -0.15) is 0 Å². The smallest absolute Gasteiger partial charge is 0.268 e. The molecule has 5 nitrogen and oxygen atoms in total. The minimum atomic E-state index is -0.0799. The summed E-state index contributed by atoms with van der Waals surface area (Å²) in [6.45, 7) is 0. The molecule has 0 amide bonds. The summed E-state index contributed by atoms with van der Waals surface area (Å²) in [6, 6.07) is 7.44. The van der Waals surface area contributed by atoms with E-state index in [0.29, 0.717) is 11.2 Å². The SMILES string of the molecule is Cn1c2ccccc2c(=O)n2cnnc12. The molecule has 1 aromatic carbocycles. The molecular formula is C10H8N4O. The number of hydrogen-bond acceptors (Lipinski definition) is 3. The summed E-state index contributed by atoms with van der Waals surface area (Å²) in [5.41, 5.74) is 0.784. The molecule has 0 radical (unpaired) electrons. The Hall–Kier alpha value is -2.17. The lowest BCUT2D eigenvalue weighted by molar-refractivity contribution is 0.909. The van der Waals surface area contributed by atoms with Gasteiger partial charge < -0.3 is 4.57 Å². The molecule has 0 aliphatic heterocycles. The van der Waals surface area contributed by atoms with Crippen LogP contribution in [0.5, 0.6) is 0 Å². The van der Waals surface area contributed by atoms with Gasteiger partial charge in [-0.15, -0.1) is 10.2 Å². The van der Waals surface area contributed by atoms with Crippen molar-refractivity contribution in [3.63, 3.8) is 0 Å². The lowest BCUT2D eigenvalue weighted by atomic mass is 10.2. The van der Waals surface area contributed by atoms with Gasteiger partial charge in [0.05, 0.1) is 10.9 Å². The normalized spacial score (nSPS) is 11.3. The van der Waals surface area contributed by atoms with Crippen LogP contribution in [0.1, 0.15) is 0 Å². The third-order valence-corrected chi connectivity index (χ3v) is 2.54. The fraction of sp³-hybridized carbons (Fsp3) is 0.100. The maximum absolute atomic E-state index is 12.0. The second-order valence-electron chi connectivity index (χ2n) is 3.38. The molecule has 0 saturated carbocycles. The number of aryl methyl sites for hydroxylation is 1. The molecule has 15 heavy (non-hydrogen) atoms. The maximum atomic E-state index is 12.0. The van der Waals surface area contributed by atoms with E-state index >= 15 is 0 Å². The zero-order valence-electron chi connectivity index (χ0n) is 8.08. The van der Waals surface area contributed by atoms with E-state index in [9.17, 15) is 4.79 Å². The van der Waals surface area contributed by atoms with Crippen molar-refractivity contribution >= 4 is 16.7 Å². The van der Waals surface area contributed by atoms with Crippen molar-refractivity contribution < 1.29 is 0 Å². The number of fused-ring (bicyclic) bond motifs is 2. The van der Waals surface area contributed by atoms with Crippen molar-refractivity contribution in [2.75, 3.05) is 0 Å². The van der Waals surface area contributed by atoms with Gasteiger partial charge >= 0.3 is 0 Å². The van der Waals surface area contributed by atoms with Crippen LogP contribution in [-0.4, -0.2) is 19.2 Å². The van der Waals surface area contributed by atoms with Crippen LogP contribution in [0.3, 0.4) is 0 Å². The molecule has 0 unspecified atom stereocenters. The van der Waals surface area contributed by atoms with E-state index < -0.39 is 0 Å². The third kappa shape index (κ3) is 0.942. The molecule has 2 aromatic heterocycles. The van der Waals surface area contributed by atoms with Gasteiger partial charge in [0, 0.05) is 7.05 Å². The van der Waals surface area contributed by atoms with Gasteiger partial charge in [-0.25, -0.2) is 4.40 Å². The summed E-state index contributed by atoms with van der Waals surface area (Å²) < 4.78 is 3.30.